The summed E-state index contributed by atoms with van der Waals surface area (Å²) in [4.78, 5) is 11.9. The van der Waals surface area contributed by atoms with Gasteiger partial charge in [-0.1, -0.05) is 11.6 Å². The molecule has 1 saturated heterocycles. The number of nitrogens with zero attached hydrogens (tertiary/aromatic N) is 4. The van der Waals surface area contributed by atoms with Crippen LogP contribution in [0, 0.1) is 0 Å². The van der Waals surface area contributed by atoms with Crippen molar-refractivity contribution in [3.8, 4) is 6.01 Å². The van der Waals surface area contributed by atoms with E-state index < -0.39 is 10.0 Å². The van der Waals surface area contributed by atoms with Crippen LogP contribution in [-0.2, 0) is 10.0 Å². The molecular formula is C13H13ClN4O3S. The summed E-state index contributed by atoms with van der Waals surface area (Å²) in [6.07, 6.45) is 6.03. The molecule has 1 aliphatic rings. The van der Waals surface area contributed by atoms with Gasteiger partial charge in [-0.2, -0.15) is 4.31 Å². The Bertz CT molecular complexity index is 740. The highest BCUT2D eigenvalue weighted by Gasteiger charge is 2.34. The Balaban J connectivity index is 1.68. The number of hydrogen-bond acceptors (Lipinski definition) is 6. The molecule has 1 fully saturated rings. The number of hydrogen-bond donors (Lipinski definition) is 0. The van der Waals surface area contributed by atoms with Crippen LogP contribution < -0.4 is 4.74 Å². The molecule has 1 atom stereocenters. The maximum absolute atomic E-state index is 12.5. The van der Waals surface area contributed by atoms with Gasteiger partial charge in [0.1, 0.15) is 11.0 Å². The zero-order valence-corrected chi connectivity index (χ0v) is 13.0. The third kappa shape index (κ3) is 3.18. The fourth-order valence-electron chi connectivity index (χ4n) is 2.17. The summed E-state index contributed by atoms with van der Waals surface area (Å²) in [5.41, 5.74) is 0. The Hall–Kier alpha value is -1.77. The van der Waals surface area contributed by atoms with E-state index in [0.29, 0.717) is 18.0 Å². The lowest BCUT2D eigenvalue weighted by Crippen LogP contribution is -2.31. The molecule has 116 valence electrons. The molecule has 2 aromatic heterocycles. The van der Waals surface area contributed by atoms with Gasteiger partial charge in [0.25, 0.3) is 0 Å². The second kappa shape index (κ2) is 6.15. The van der Waals surface area contributed by atoms with E-state index >= 15 is 0 Å². The Labute approximate surface area is 133 Å². The Kier molecular flexibility index (Phi) is 4.23. The molecule has 0 N–H and O–H groups in total. The van der Waals surface area contributed by atoms with Crippen LogP contribution in [0.4, 0.5) is 0 Å². The van der Waals surface area contributed by atoms with Crippen molar-refractivity contribution >= 4 is 21.6 Å². The van der Waals surface area contributed by atoms with E-state index in [-0.39, 0.29) is 23.6 Å². The van der Waals surface area contributed by atoms with E-state index in [4.69, 9.17) is 16.3 Å². The predicted molar refractivity (Wildman–Crippen MR) is 79.1 cm³/mol. The van der Waals surface area contributed by atoms with E-state index in [1.807, 2.05) is 0 Å². The molecule has 0 amide bonds. The standard InChI is InChI=1S/C13H13ClN4O3S/c14-10-6-16-13(17-7-10)21-11-3-5-18(9-11)22(19,20)12-2-1-4-15-8-12/h1-2,4,6-8,11H,3,5,9H2. The second-order valence-corrected chi connectivity index (χ2v) is 7.14. The number of ether oxygens (including phenoxy) is 1. The van der Waals surface area contributed by atoms with Crippen LogP contribution >= 0.6 is 11.6 Å². The van der Waals surface area contributed by atoms with Gasteiger partial charge in [-0.25, -0.2) is 18.4 Å². The molecule has 0 saturated carbocycles. The highest BCUT2D eigenvalue weighted by molar-refractivity contribution is 7.89. The number of aromatic nitrogens is 3. The van der Waals surface area contributed by atoms with Crippen LogP contribution in [0.1, 0.15) is 6.42 Å². The van der Waals surface area contributed by atoms with Gasteiger partial charge in [0.2, 0.25) is 10.0 Å². The molecule has 9 heteroatoms. The van der Waals surface area contributed by atoms with Gasteiger partial charge >= 0.3 is 6.01 Å². The van der Waals surface area contributed by atoms with Gasteiger partial charge in [-0.05, 0) is 18.6 Å². The molecular weight excluding hydrogens is 328 g/mol. The van der Waals surface area contributed by atoms with Crippen LogP contribution in [-0.4, -0.2) is 46.9 Å². The fraction of sp³-hybridized carbons (Fsp3) is 0.308. The van der Waals surface area contributed by atoms with E-state index in [1.54, 1.807) is 6.07 Å². The highest BCUT2D eigenvalue weighted by Crippen LogP contribution is 2.22. The van der Waals surface area contributed by atoms with Gasteiger partial charge in [0.05, 0.1) is 24.0 Å². The molecule has 1 aliphatic heterocycles. The number of halogens is 1. The van der Waals surface area contributed by atoms with Crippen LogP contribution in [0.3, 0.4) is 0 Å². The minimum atomic E-state index is -3.54. The first-order chi connectivity index (χ1) is 10.6. The van der Waals surface area contributed by atoms with Crippen LogP contribution in [0.15, 0.2) is 41.8 Å². The molecule has 0 aliphatic carbocycles. The summed E-state index contributed by atoms with van der Waals surface area (Å²) < 4.78 is 31.9. The molecule has 3 heterocycles. The lowest BCUT2D eigenvalue weighted by Gasteiger charge is -2.16. The van der Waals surface area contributed by atoms with E-state index in [0.717, 1.165) is 0 Å². The van der Waals surface area contributed by atoms with Crippen molar-refractivity contribution in [2.75, 3.05) is 13.1 Å². The first kappa shape index (κ1) is 15.1. The monoisotopic (exact) mass is 340 g/mol. The van der Waals surface area contributed by atoms with Crippen molar-refractivity contribution in [1.82, 2.24) is 19.3 Å². The maximum Gasteiger partial charge on any atom is 0.316 e. The zero-order valence-electron chi connectivity index (χ0n) is 11.5. The quantitative estimate of drug-likeness (QED) is 0.835. The summed E-state index contributed by atoms with van der Waals surface area (Å²) in [7, 11) is -3.54. The Morgan fingerprint density at radius 2 is 2.05 bits per heavy atom. The van der Waals surface area contributed by atoms with E-state index in [9.17, 15) is 8.42 Å². The van der Waals surface area contributed by atoms with Crippen molar-refractivity contribution in [3.63, 3.8) is 0 Å². The van der Waals surface area contributed by atoms with Crippen molar-refractivity contribution < 1.29 is 13.2 Å². The van der Waals surface area contributed by atoms with Gasteiger partial charge in [-0.15, -0.1) is 0 Å². The number of sulfonamides is 1. The Morgan fingerprint density at radius 3 is 2.73 bits per heavy atom. The SMILES string of the molecule is O=S(=O)(c1cccnc1)N1CCC(Oc2ncc(Cl)cn2)C1. The van der Waals surface area contributed by atoms with Gasteiger partial charge in [-0.3, -0.25) is 4.98 Å². The van der Waals surface area contributed by atoms with Crippen molar-refractivity contribution in [2.45, 2.75) is 17.4 Å². The minimum Gasteiger partial charge on any atom is -0.459 e. The van der Waals surface area contributed by atoms with Crippen LogP contribution in [0.2, 0.25) is 5.02 Å². The summed E-state index contributed by atoms with van der Waals surface area (Å²) in [5.74, 6) is 0. The van der Waals surface area contributed by atoms with Gasteiger partial charge < -0.3 is 4.74 Å². The van der Waals surface area contributed by atoms with Crippen molar-refractivity contribution in [2.24, 2.45) is 0 Å². The smallest absolute Gasteiger partial charge is 0.316 e. The predicted octanol–water partition coefficient (Wildman–Crippen LogP) is 1.37. The summed E-state index contributed by atoms with van der Waals surface area (Å²) >= 11 is 5.71. The average Bonchev–Trinajstić information content (AvgIpc) is 3.00. The third-order valence-electron chi connectivity index (χ3n) is 3.25. The maximum atomic E-state index is 12.5. The summed E-state index contributed by atoms with van der Waals surface area (Å²) in [5, 5.41) is 0.416. The molecule has 2 aromatic rings. The molecule has 0 aromatic carbocycles. The second-order valence-electron chi connectivity index (χ2n) is 4.76. The molecule has 1 unspecified atom stereocenters. The van der Waals surface area contributed by atoms with Gasteiger partial charge in [0, 0.05) is 18.9 Å². The molecule has 0 radical (unpaired) electrons. The zero-order chi connectivity index (χ0) is 15.6. The van der Waals surface area contributed by atoms with E-state index in [1.165, 1.54) is 35.2 Å². The largest absolute Gasteiger partial charge is 0.459 e. The first-order valence-electron chi connectivity index (χ1n) is 6.60. The normalized spacial score (nSPS) is 19.2. The minimum absolute atomic E-state index is 0.179. The number of rotatable bonds is 4. The molecule has 7 nitrogen and oxygen atoms in total. The van der Waals surface area contributed by atoms with Gasteiger partial charge in [0.15, 0.2) is 0 Å². The molecule has 22 heavy (non-hydrogen) atoms. The third-order valence-corrected chi connectivity index (χ3v) is 5.29. The fourth-order valence-corrected chi connectivity index (χ4v) is 3.72. The lowest BCUT2D eigenvalue weighted by molar-refractivity contribution is 0.197. The summed E-state index contributed by atoms with van der Waals surface area (Å²) in [6, 6.07) is 3.31. The van der Waals surface area contributed by atoms with E-state index in [2.05, 4.69) is 15.0 Å². The number of pyridine rings is 1. The van der Waals surface area contributed by atoms with Crippen LogP contribution in [0.25, 0.3) is 0 Å². The van der Waals surface area contributed by atoms with Crippen LogP contribution in [0.5, 0.6) is 6.01 Å². The molecule has 0 spiro atoms. The average molecular weight is 341 g/mol. The Morgan fingerprint density at radius 1 is 1.27 bits per heavy atom. The summed E-state index contributed by atoms with van der Waals surface area (Å²) in [6.45, 7) is 0.638. The lowest BCUT2D eigenvalue weighted by atomic mass is 10.3. The topological polar surface area (TPSA) is 85.3 Å². The highest BCUT2D eigenvalue weighted by atomic mass is 35.5. The van der Waals surface area contributed by atoms with Crippen molar-refractivity contribution in [3.05, 3.63) is 41.9 Å². The first-order valence-corrected chi connectivity index (χ1v) is 8.42. The molecule has 3 rings (SSSR count). The van der Waals surface area contributed by atoms with Crippen molar-refractivity contribution in [1.29, 1.82) is 0 Å². The molecule has 0 bridgehead atoms.